The van der Waals surface area contributed by atoms with Crippen molar-refractivity contribution in [1.29, 1.82) is 0 Å². The first-order valence-electron chi connectivity index (χ1n) is 6.71. The molecule has 0 saturated heterocycles. The molecule has 0 spiro atoms. The number of benzene rings is 1. The fourth-order valence-corrected chi connectivity index (χ4v) is 1.55. The molecule has 0 aliphatic carbocycles. The lowest BCUT2D eigenvalue weighted by molar-refractivity contribution is -0.387. The highest BCUT2D eigenvalue weighted by Crippen LogP contribution is 2.18. The number of carbonyl (C=O) groups is 1. The molecule has 1 amide bonds. The quantitative estimate of drug-likeness (QED) is 0.454. The maximum Gasteiger partial charge on any atom is 0.305 e. The molecule has 0 aliphatic rings. The van der Waals surface area contributed by atoms with Crippen LogP contribution in [-0.4, -0.2) is 30.6 Å². The highest BCUT2D eigenvalue weighted by atomic mass is 19.1. The number of rotatable bonds is 8. The zero-order valence-electron chi connectivity index (χ0n) is 12.1. The van der Waals surface area contributed by atoms with Gasteiger partial charge in [-0.05, 0) is 24.5 Å². The van der Waals surface area contributed by atoms with E-state index in [0.717, 1.165) is 18.6 Å². The van der Waals surface area contributed by atoms with Crippen LogP contribution in [0.15, 0.2) is 18.2 Å². The summed E-state index contributed by atoms with van der Waals surface area (Å²) in [5, 5.41) is 13.2. The monoisotopic (exact) mass is 298 g/mol. The van der Waals surface area contributed by atoms with Gasteiger partial charge in [-0.25, -0.2) is 0 Å². The smallest absolute Gasteiger partial charge is 0.305 e. The van der Waals surface area contributed by atoms with Crippen molar-refractivity contribution in [2.45, 2.75) is 20.3 Å². The Bertz CT molecular complexity index is 506. The lowest BCUT2D eigenvalue weighted by Crippen LogP contribution is -2.27. The zero-order valence-corrected chi connectivity index (χ0v) is 12.1. The molecular weight excluding hydrogens is 279 g/mol. The van der Waals surface area contributed by atoms with Gasteiger partial charge in [0.15, 0.2) is 0 Å². The third kappa shape index (κ3) is 5.86. The summed E-state index contributed by atoms with van der Waals surface area (Å²) in [6, 6.07) is 3.04. The van der Waals surface area contributed by atoms with Gasteiger partial charge in [-0.3, -0.25) is 14.9 Å². The number of hydrogen-bond acceptors (Lipinski definition) is 4. The van der Waals surface area contributed by atoms with Crippen molar-refractivity contribution in [3.63, 3.8) is 0 Å². The fraction of sp³-hybridized carbons (Fsp3) is 0.500. The van der Waals surface area contributed by atoms with Crippen molar-refractivity contribution in [3.05, 3.63) is 39.7 Å². The van der Waals surface area contributed by atoms with Gasteiger partial charge in [0, 0.05) is 24.8 Å². The summed E-state index contributed by atoms with van der Waals surface area (Å²) in [5.41, 5.74) is -0.666. The molecule has 0 unspecified atom stereocenters. The molecule has 0 aliphatic heterocycles. The van der Waals surface area contributed by atoms with Crippen LogP contribution in [0.2, 0.25) is 0 Å². The number of nitro groups is 1. The number of halogens is 1. The van der Waals surface area contributed by atoms with Crippen LogP contribution < -0.4 is 5.32 Å². The number of amides is 1. The van der Waals surface area contributed by atoms with E-state index >= 15 is 0 Å². The van der Waals surface area contributed by atoms with Crippen LogP contribution in [0.25, 0.3) is 0 Å². The summed E-state index contributed by atoms with van der Waals surface area (Å²) in [7, 11) is 0. The molecule has 1 N–H and O–H groups in total. The van der Waals surface area contributed by atoms with Crippen LogP contribution in [0.1, 0.15) is 30.6 Å². The Hall–Kier alpha value is -2.02. The van der Waals surface area contributed by atoms with E-state index in [1.807, 2.05) is 0 Å². The van der Waals surface area contributed by atoms with Crippen molar-refractivity contribution in [3.8, 4) is 0 Å². The van der Waals surface area contributed by atoms with Crippen molar-refractivity contribution in [2.75, 3.05) is 19.8 Å². The first-order valence-corrected chi connectivity index (χ1v) is 6.71. The van der Waals surface area contributed by atoms with Gasteiger partial charge in [0.2, 0.25) is 5.82 Å². The maximum absolute atomic E-state index is 13.1. The van der Waals surface area contributed by atoms with Gasteiger partial charge in [0.1, 0.15) is 0 Å². The molecule has 21 heavy (non-hydrogen) atoms. The molecular formula is C14H19FN2O4. The number of hydrogen-bond donors (Lipinski definition) is 1. The molecule has 1 aromatic rings. The SMILES string of the molecule is CC(C)CCOCCNC(=O)c1ccc(F)c([N+](=O)[O-])c1. The van der Waals surface area contributed by atoms with Gasteiger partial charge in [0.25, 0.3) is 5.91 Å². The molecule has 0 radical (unpaired) electrons. The van der Waals surface area contributed by atoms with Crippen molar-refractivity contribution >= 4 is 11.6 Å². The predicted molar refractivity (Wildman–Crippen MR) is 75.7 cm³/mol. The molecule has 0 heterocycles. The number of ether oxygens (including phenoxy) is 1. The molecule has 7 heteroatoms. The first-order chi connectivity index (χ1) is 9.91. The highest BCUT2D eigenvalue weighted by Gasteiger charge is 2.17. The summed E-state index contributed by atoms with van der Waals surface area (Å²) in [6.07, 6.45) is 0.943. The van der Waals surface area contributed by atoms with Gasteiger partial charge in [0.05, 0.1) is 11.5 Å². The highest BCUT2D eigenvalue weighted by molar-refractivity contribution is 5.94. The van der Waals surface area contributed by atoms with E-state index in [1.165, 1.54) is 6.07 Å². The Morgan fingerprint density at radius 1 is 1.43 bits per heavy atom. The number of nitrogens with one attached hydrogen (secondary N) is 1. The van der Waals surface area contributed by atoms with Crippen LogP contribution in [0.5, 0.6) is 0 Å². The average molecular weight is 298 g/mol. The molecule has 1 aromatic carbocycles. The van der Waals surface area contributed by atoms with E-state index in [2.05, 4.69) is 19.2 Å². The molecule has 0 bridgehead atoms. The van der Waals surface area contributed by atoms with Crippen molar-refractivity contribution < 1.29 is 18.8 Å². The van der Waals surface area contributed by atoms with Gasteiger partial charge in [-0.1, -0.05) is 13.8 Å². The van der Waals surface area contributed by atoms with E-state index < -0.39 is 22.3 Å². The Labute approximate surface area is 122 Å². The summed E-state index contributed by atoms with van der Waals surface area (Å²) < 4.78 is 18.5. The van der Waals surface area contributed by atoms with E-state index in [1.54, 1.807) is 0 Å². The Morgan fingerprint density at radius 3 is 2.76 bits per heavy atom. The molecule has 0 saturated carbocycles. The van der Waals surface area contributed by atoms with Gasteiger partial charge >= 0.3 is 5.69 Å². The Balaban J connectivity index is 2.42. The lowest BCUT2D eigenvalue weighted by atomic mass is 10.1. The summed E-state index contributed by atoms with van der Waals surface area (Å²) in [5.74, 6) is -0.904. The van der Waals surface area contributed by atoms with Gasteiger partial charge < -0.3 is 10.1 Å². The average Bonchev–Trinajstić information content (AvgIpc) is 2.42. The second-order valence-electron chi connectivity index (χ2n) is 4.97. The van der Waals surface area contributed by atoms with Crippen molar-refractivity contribution in [1.82, 2.24) is 5.32 Å². The Kier molecular flexibility index (Phi) is 6.74. The Morgan fingerprint density at radius 2 is 2.14 bits per heavy atom. The normalized spacial score (nSPS) is 10.7. The third-order valence-corrected chi connectivity index (χ3v) is 2.78. The largest absolute Gasteiger partial charge is 0.380 e. The number of nitrogens with zero attached hydrogens (tertiary/aromatic N) is 1. The maximum atomic E-state index is 13.1. The minimum absolute atomic E-state index is 0.0466. The summed E-state index contributed by atoms with van der Waals surface area (Å²) in [6.45, 7) is 5.46. The standard InChI is InChI=1S/C14H19FN2O4/c1-10(2)5-7-21-8-6-16-14(18)11-3-4-12(15)13(9-11)17(19)20/h3-4,9-10H,5-8H2,1-2H3,(H,16,18). The molecule has 6 nitrogen and oxygen atoms in total. The third-order valence-electron chi connectivity index (χ3n) is 2.78. The zero-order chi connectivity index (χ0) is 15.8. The fourth-order valence-electron chi connectivity index (χ4n) is 1.55. The van der Waals surface area contributed by atoms with E-state index in [9.17, 15) is 19.3 Å². The van der Waals surface area contributed by atoms with Crippen LogP contribution in [0.4, 0.5) is 10.1 Å². The molecule has 0 fully saturated rings. The van der Waals surface area contributed by atoms with Crippen LogP contribution in [0, 0.1) is 21.8 Å². The molecule has 1 rings (SSSR count). The number of carbonyl (C=O) groups excluding carboxylic acids is 1. The summed E-state index contributed by atoms with van der Waals surface area (Å²) in [4.78, 5) is 21.5. The van der Waals surface area contributed by atoms with E-state index in [-0.39, 0.29) is 5.56 Å². The van der Waals surface area contributed by atoms with Gasteiger partial charge in [-0.15, -0.1) is 0 Å². The lowest BCUT2D eigenvalue weighted by Gasteiger charge is -2.08. The molecule has 0 atom stereocenters. The van der Waals surface area contributed by atoms with E-state index in [4.69, 9.17) is 4.74 Å². The van der Waals surface area contributed by atoms with Crippen LogP contribution in [-0.2, 0) is 4.74 Å². The molecule has 116 valence electrons. The van der Waals surface area contributed by atoms with E-state index in [0.29, 0.717) is 25.7 Å². The van der Waals surface area contributed by atoms with Gasteiger partial charge in [-0.2, -0.15) is 4.39 Å². The number of nitro benzene ring substituents is 1. The first kappa shape index (κ1) is 17.0. The molecule has 0 aromatic heterocycles. The second kappa shape index (κ2) is 8.31. The minimum Gasteiger partial charge on any atom is -0.380 e. The van der Waals surface area contributed by atoms with Crippen LogP contribution >= 0.6 is 0 Å². The predicted octanol–water partition coefficient (Wildman–Crippen LogP) is 2.53. The summed E-state index contributed by atoms with van der Waals surface area (Å²) >= 11 is 0. The minimum atomic E-state index is -0.964. The van der Waals surface area contributed by atoms with Crippen LogP contribution in [0.3, 0.4) is 0 Å². The second-order valence-corrected chi connectivity index (χ2v) is 4.97. The van der Waals surface area contributed by atoms with Crippen molar-refractivity contribution in [2.24, 2.45) is 5.92 Å². The topological polar surface area (TPSA) is 81.5 Å².